The average Bonchev–Trinajstić information content (AvgIpc) is 2.65. The zero-order valence-corrected chi connectivity index (χ0v) is 16.5. The molecule has 1 saturated carbocycles. The van der Waals surface area contributed by atoms with Crippen LogP contribution in [-0.2, 0) is 0 Å². The predicted octanol–water partition coefficient (Wildman–Crippen LogP) is 4.39. The Morgan fingerprint density at radius 2 is 1.79 bits per heavy atom. The van der Waals surface area contributed by atoms with Gasteiger partial charge in [0.25, 0.3) is 5.91 Å². The van der Waals surface area contributed by atoms with Gasteiger partial charge in [-0.25, -0.2) is 0 Å². The van der Waals surface area contributed by atoms with Crippen LogP contribution in [0.25, 0.3) is 0 Å². The van der Waals surface area contributed by atoms with Crippen LogP contribution >= 0.6 is 11.6 Å². The van der Waals surface area contributed by atoms with Crippen LogP contribution in [0.1, 0.15) is 53.0 Å². The maximum Gasteiger partial charge on any atom is 0.251 e. The van der Waals surface area contributed by atoms with Crippen molar-refractivity contribution in [2.75, 3.05) is 0 Å². The van der Waals surface area contributed by atoms with Crippen molar-refractivity contribution < 1.29 is 14.3 Å². The minimum Gasteiger partial charge on any atom is -0.490 e. The molecule has 0 unspecified atom stereocenters. The molecule has 28 heavy (non-hydrogen) atoms. The average molecular weight is 397 g/mol. The van der Waals surface area contributed by atoms with Crippen molar-refractivity contribution in [3.05, 3.63) is 64.2 Å². The largest absolute Gasteiger partial charge is 0.490 e. The third-order valence-corrected chi connectivity index (χ3v) is 5.06. The highest BCUT2D eigenvalue weighted by molar-refractivity contribution is 6.31. The molecular weight excluding hydrogens is 376 g/mol. The van der Waals surface area contributed by atoms with Gasteiger partial charge in [-0.2, -0.15) is 5.26 Å². The van der Waals surface area contributed by atoms with Crippen LogP contribution in [0.5, 0.6) is 5.75 Å². The summed E-state index contributed by atoms with van der Waals surface area (Å²) >= 11 is 6.01. The molecule has 1 amide bonds. The van der Waals surface area contributed by atoms with Crippen molar-refractivity contribution in [1.29, 1.82) is 5.26 Å². The molecule has 0 spiro atoms. The number of rotatable bonds is 6. The number of hydrogen-bond donors (Lipinski definition) is 1. The maximum absolute atomic E-state index is 12.4. The van der Waals surface area contributed by atoms with E-state index < -0.39 is 0 Å². The van der Waals surface area contributed by atoms with E-state index in [1.165, 1.54) is 0 Å². The summed E-state index contributed by atoms with van der Waals surface area (Å²) in [7, 11) is 0. The molecule has 0 aliphatic heterocycles. The Morgan fingerprint density at radius 3 is 2.36 bits per heavy atom. The Bertz CT molecular complexity index is 926. The Hall–Kier alpha value is -2.84. The fourth-order valence-electron chi connectivity index (χ4n) is 3.02. The van der Waals surface area contributed by atoms with Crippen LogP contribution in [0, 0.1) is 17.2 Å². The number of benzene rings is 2. The Labute approximate surface area is 169 Å². The maximum atomic E-state index is 12.4. The number of carbonyl (C=O) groups excluding carboxylic acids is 2. The number of nitrogens with one attached hydrogen (secondary N) is 1. The third kappa shape index (κ3) is 4.52. The lowest BCUT2D eigenvalue weighted by molar-refractivity contribution is 0.0700. The molecule has 0 heterocycles. The summed E-state index contributed by atoms with van der Waals surface area (Å²) < 4.78 is 5.83. The first-order valence-corrected chi connectivity index (χ1v) is 9.56. The van der Waals surface area contributed by atoms with E-state index >= 15 is 0 Å². The molecule has 0 aromatic heterocycles. The van der Waals surface area contributed by atoms with E-state index in [9.17, 15) is 9.59 Å². The van der Waals surface area contributed by atoms with E-state index in [0.29, 0.717) is 40.3 Å². The molecule has 1 aliphatic carbocycles. The molecule has 1 fully saturated rings. The molecule has 3 rings (SSSR count). The highest BCUT2D eigenvalue weighted by Gasteiger charge is 2.32. The topological polar surface area (TPSA) is 79.2 Å². The number of Topliss-reactive ketones (excluding diaryl/α,β-unsaturated/α-hetero) is 1. The SMILES string of the molecule is CC(C)C(=O)c1ccc(C(=O)NC2CC(Oc3ccc(C#N)c(Cl)c3)C2)cc1. The van der Waals surface area contributed by atoms with Crippen LogP contribution < -0.4 is 10.1 Å². The molecule has 0 saturated heterocycles. The summed E-state index contributed by atoms with van der Waals surface area (Å²) in [6, 6.07) is 13.8. The normalized spacial score (nSPS) is 18.1. The van der Waals surface area contributed by atoms with Crippen molar-refractivity contribution in [2.24, 2.45) is 5.92 Å². The monoisotopic (exact) mass is 396 g/mol. The van der Waals surface area contributed by atoms with Gasteiger partial charge in [0.1, 0.15) is 17.9 Å². The highest BCUT2D eigenvalue weighted by Crippen LogP contribution is 2.29. The molecule has 0 atom stereocenters. The van der Waals surface area contributed by atoms with Gasteiger partial charge in [0.05, 0.1) is 10.6 Å². The lowest BCUT2D eigenvalue weighted by atomic mass is 9.89. The van der Waals surface area contributed by atoms with Gasteiger partial charge in [-0.1, -0.05) is 37.6 Å². The molecule has 0 bridgehead atoms. The van der Waals surface area contributed by atoms with E-state index in [-0.39, 0.29) is 29.8 Å². The number of amides is 1. The summed E-state index contributed by atoms with van der Waals surface area (Å²) in [5.74, 6) is 0.448. The summed E-state index contributed by atoms with van der Waals surface area (Å²) in [4.78, 5) is 24.3. The van der Waals surface area contributed by atoms with Gasteiger partial charge in [-0.05, 0) is 24.3 Å². The van der Waals surface area contributed by atoms with Gasteiger partial charge in [-0.3, -0.25) is 9.59 Å². The Kier molecular flexibility index (Phi) is 6.01. The lowest BCUT2D eigenvalue weighted by Crippen LogP contribution is -2.49. The number of carbonyl (C=O) groups is 2. The number of halogens is 1. The second kappa shape index (κ2) is 8.45. The number of hydrogen-bond acceptors (Lipinski definition) is 4. The molecule has 6 heteroatoms. The quantitative estimate of drug-likeness (QED) is 0.734. The van der Waals surface area contributed by atoms with E-state index in [4.69, 9.17) is 21.6 Å². The van der Waals surface area contributed by atoms with Crippen molar-refractivity contribution in [1.82, 2.24) is 5.32 Å². The van der Waals surface area contributed by atoms with Gasteiger partial charge >= 0.3 is 0 Å². The minimum absolute atomic E-state index is 0.000316. The fraction of sp³-hybridized carbons (Fsp3) is 0.318. The fourth-order valence-corrected chi connectivity index (χ4v) is 3.23. The second-order valence-corrected chi connectivity index (χ2v) is 7.64. The number of nitriles is 1. The third-order valence-electron chi connectivity index (χ3n) is 4.75. The number of nitrogens with zero attached hydrogens (tertiary/aromatic N) is 1. The van der Waals surface area contributed by atoms with Crippen LogP contribution in [0.3, 0.4) is 0 Å². The summed E-state index contributed by atoms with van der Waals surface area (Å²) in [6.45, 7) is 3.70. The summed E-state index contributed by atoms with van der Waals surface area (Å²) in [6.07, 6.45) is 1.40. The van der Waals surface area contributed by atoms with E-state index in [1.807, 2.05) is 19.9 Å². The lowest BCUT2D eigenvalue weighted by Gasteiger charge is -2.35. The predicted molar refractivity (Wildman–Crippen MR) is 107 cm³/mol. The van der Waals surface area contributed by atoms with E-state index in [1.54, 1.807) is 42.5 Å². The van der Waals surface area contributed by atoms with E-state index in [2.05, 4.69) is 5.32 Å². The van der Waals surface area contributed by atoms with Crippen molar-refractivity contribution in [3.63, 3.8) is 0 Å². The van der Waals surface area contributed by atoms with Crippen molar-refractivity contribution in [3.8, 4) is 11.8 Å². The standard InChI is InChI=1S/C22H21ClN2O3/c1-13(2)21(26)14-3-5-15(6-4-14)22(27)25-17-9-19(10-17)28-18-8-7-16(12-24)20(23)11-18/h3-8,11,13,17,19H,9-10H2,1-2H3,(H,25,27). The molecule has 2 aromatic rings. The van der Waals surface area contributed by atoms with Crippen LogP contribution in [0.15, 0.2) is 42.5 Å². The van der Waals surface area contributed by atoms with Gasteiger partial charge in [0.15, 0.2) is 5.78 Å². The Balaban J connectivity index is 1.49. The molecule has 0 radical (unpaired) electrons. The molecule has 1 N–H and O–H groups in total. The van der Waals surface area contributed by atoms with Gasteiger partial charge < -0.3 is 10.1 Å². The minimum atomic E-state index is -0.159. The molecule has 144 valence electrons. The van der Waals surface area contributed by atoms with Crippen molar-refractivity contribution in [2.45, 2.75) is 38.8 Å². The van der Waals surface area contributed by atoms with Crippen LogP contribution in [0.2, 0.25) is 5.02 Å². The van der Waals surface area contributed by atoms with Gasteiger partial charge in [0, 0.05) is 42.0 Å². The van der Waals surface area contributed by atoms with Crippen LogP contribution in [0.4, 0.5) is 0 Å². The number of ketones is 1. The highest BCUT2D eigenvalue weighted by atomic mass is 35.5. The summed E-state index contributed by atoms with van der Waals surface area (Å²) in [5, 5.41) is 12.2. The second-order valence-electron chi connectivity index (χ2n) is 7.23. The van der Waals surface area contributed by atoms with E-state index in [0.717, 1.165) is 0 Å². The zero-order chi connectivity index (χ0) is 20.3. The van der Waals surface area contributed by atoms with Gasteiger partial charge in [0.2, 0.25) is 0 Å². The molecule has 5 nitrogen and oxygen atoms in total. The first-order valence-electron chi connectivity index (χ1n) is 9.19. The van der Waals surface area contributed by atoms with Crippen molar-refractivity contribution >= 4 is 23.3 Å². The molecule has 1 aliphatic rings. The molecular formula is C22H21ClN2O3. The summed E-state index contributed by atoms with van der Waals surface area (Å²) in [5.41, 5.74) is 1.56. The Morgan fingerprint density at radius 1 is 1.14 bits per heavy atom. The smallest absolute Gasteiger partial charge is 0.251 e. The van der Waals surface area contributed by atoms with Crippen LogP contribution in [-0.4, -0.2) is 23.8 Å². The first-order chi connectivity index (χ1) is 13.4. The first kappa shape index (κ1) is 19.9. The van der Waals surface area contributed by atoms with Gasteiger partial charge in [-0.15, -0.1) is 0 Å². The molecule has 2 aromatic carbocycles. The number of ether oxygens (including phenoxy) is 1. The zero-order valence-electron chi connectivity index (χ0n) is 15.7.